The van der Waals surface area contributed by atoms with Gasteiger partial charge in [0.05, 0.1) is 12.7 Å². The topological polar surface area (TPSA) is 41.5 Å². The molecular weight excluding hydrogens is 130 g/mol. The summed E-state index contributed by atoms with van der Waals surface area (Å²) in [4.78, 5) is 0. The largest absolute Gasteiger partial charge is 0.396 e. The van der Waals surface area contributed by atoms with Gasteiger partial charge in [0, 0.05) is 25.1 Å². The fraction of sp³-hybridized carbons (Fsp3) is 1.00. The lowest BCUT2D eigenvalue weighted by molar-refractivity contribution is 0.0509. The molecular formula is C7H13NO2. The van der Waals surface area contributed by atoms with E-state index >= 15 is 0 Å². The quantitative estimate of drug-likeness (QED) is 0.513. The van der Waals surface area contributed by atoms with Gasteiger partial charge in [0.15, 0.2) is 0 Å². The molecule has 2 aliphatic rings. The molecule has 2 N–H and O–H groups in total. The number of nitrogens with one attached hydrogen (secondary N) is 1. The number of rotatable bonds is 1. The number of hydrogen-bond acceptors (Lipinski definition) is 3. The van der Waals surface area contributed by atoms with Gasteiger partial charge in [0.2, 0.25) is 0 Å². The molecule has 3 nitrogen and oxygen atoms in total. The first kappa shape index (κ1) is 6.58. The van der Waals surface area contributed by atoms with Crippen molar-refractivity contribution in [3.8, 4) is 0 Å². The van der Waals surface area contributed by atoms with E-state index in [9.17, 15) is 0 Å². The van der Waals surface area contributed by atoms with Crippen LogP contribution in [0.15, 0.2) is 0 Å². The highest BCUT2D eigenvalue weighted by molar-refractivity contribution is 4.99. The smallest absolute Gasteiger partial charge is 0.0790 e. The maximum Gasteiger partial charge on any atom is 0.0790 e. The van der Waals surface area contributed by atoms with Crippen molar-refractivity contribution < 1.29 is 9.84 Å². The molecule has 0 amide bonds. The average Bonchev–Trinajstić information content (AvgIpc) is 2.42. The molecule has 0 bridgehead atoms. The fourth-order valence-electron chi connectivity index (χ4n) is 1.91. The molecule has 0 aromatic rings. The Kier molecular flexibility index (Phi) is 1.44. The van der Waals surface area contributed by atoms with Crippen molar-refractivity contribution in [2.45, 2.75) is 12.5 Å². The lowest BCUT2D eigenvalue weighted by Crippen LogP contribution is -2.33. The third kappa shape index (κ3) is 0.713. The fourth-order valence-corrected chi connectivity index (χ4v) is 1.91. The number of aliphatic hydroxyl groups is 1. The van der Waals surface area contributed by atoms with Gasteiger partial charge in [-0.05, 0) is 6.42 Å². The van der Waals surface area contributed by atoms with E-state index in [0.717, 1.165) is 26.1 Å². The van der Waals surface area contributed by atoms with Crippen LogP contribution in [0.5, 0.6) is 0 Å². The molecule has 2 atom stereocenters. The zero-order chi connectivity index (χ0) is 7.03. The second-order valence-electron chi connectivity index (χ2n) is 3.26. The van der Waals surface area contributed by atoms with Crippen molar-refractivity contribution in [3.05, 3.63) is 0 Å². The third-order valence-electron chi connectivity index (χ3n) is 2.72. The molecule has 2 aliphatic heterocycles. The number of ether oxygens (including phenoxy) is 1. The minimum Gasteiger partial charge on any atom is -0.396 e. The summed E-state index contributed by atoms with van der Waals surface area (Å²) in [5.41, 5.74) is 0.0694. The molecule has 0 aromatic carbocycles. The molecule has 0 saturated carbocycles. The molecule has 0 radical (unpaired) electrons. The average molecular weight is 143 g/mol. The van der Waals surface area contributed by atoms with E-state index in [0.29, 0.717) is 0 Å². The lowest BCUT2D eigenvalue weighted by atomic mass is 9.85. The zero-order valence-electron chi connectivity index (χ0n) is 5.97. The van der Waals surface area contributed by atoms with Crippen molar-refractivity contribution in [2.24, 2.45) is 5.41 Å². The van der Waals surface area contributed by atoms with Gasteiger partial charge in [0.25, 0.3) is 0 Å². The SMILES string of the molecule is OC[C@@]12CCO[C@@H]1CNC2. The van der Waals surface area contributed by atoms with Crippen molar-refractivity contribution in [1.29, 1.82) is 0 Å². The Morgan fingerprint density at radius 3 is 3.30 bits per heavy atom. The summed E-state index contributed by atoms with van der Waals surface area (Å²) in [5, 5.41) is 12.3. The van der Waals surface area contributed by atoms with Crippen LogP contribution in [0, 0.1) is 5.41 Å². The van der Waals surface area contributed by atoms with E-state index in [-0.39, 0.29) is 18.1 Å². The van der Waals surface area contributed by atoms with Gasteiger partial charge in [-0.15, -0.1) is 0 Å². The molecule has 0 unspecified atom stereocenters. The molecule has 3 heteroatoms. The molecule has 2 saturated heterocycles. The van der Waals surface area contributed by atoms with Gasteiger partial charge in [-0.3, -0.25) is 0 Å². The van der Waals surface area contributed by atoms with Gasteiger partial charge in [-0.1, -0.05) is 0 Å². The molecule has 2 rings (SSSR count). The normalized spacial score (nSPS) is 45.9. The van der Waals surface area contributed by atoms with Crippen LogP contribution in [-0.2, 0) is 4.74 Å². The molecule has 2 heterocycles. The van der Waals surface area contributed by atoms with Crippen LogP contribution in [-0.4, -0.2) is 37.5 Å². The highest BCUT2D eigenvalue weighted by atomic mass is 16.5. The van der Waals surface area contributed by atoms with Crippen LogP contribution in [0.25, 0.3) is 0 Å². The summed E-state index contributed by atoms with van der Waals surface area (Å²) in [6.07, 6.45) is 1.29. The summed E-state index contributed by atoms with van der Waals surface area (Å²) in [5.74, 6) is 0. The standard InChI is InChI=1S/C7H13NO2/c9-5-7-1-2-10-6(7)3-8-4-7/h6,8-9H,1-5H2/t6-,7+/m1/s1. The van der Waals surface area contributed by atoms with E-state index in [1.807, 2.05) is 0 Å². The van der Waals surface area contributed by atoms with E-state index in [1.54, 1.807) is 0 Å². The summed E-state index contributed by atoms with van der Waals surface area (Å²) >= 11 is 0. The maximum absolute atomic E-state index is 9.11. The second-order valence-corrected chi connectivity index (χ2v) is 3.26. The van der Waals surface area contributed by atoms with Crippen molar-refractivity contribution in [3.63, 3.8) is 0 Å². The van der Waals surface area contributed by atoms with Crippen LogP contribution in [0.4, 0.5) is 0 Å². The Morgan fingerprint density at radius 2 is 2.60 bits per heavy atom. The predicted molar refractivity (Wildman–Crippen MR) is 36.7 cm³/mol. The van der Waals surface area contributed by atoms with Crippen LogP contribution in [0.2, 0.25) is 0 Å². The van der Waals surface area contributed by atoms with Crippen LogP contribution >= 0.6 is 0 Å². The minimum atomic E-state index is 0.0694. The van der Waals surface area contributed by atoms with E-state index in [1.165, 1.54) is 0 Å². The Labute approximate surface area is 60.4 Å². The first-order valence-electron chi connectivity index (χ1n) is 3.81. The Balaban J connectivity index is 2.15. The first-order chi connectivity index (χ1) is 4.87. The zero-order valence-corrected chi connectivity index (χ0v) is 5.97. The van der Waals surface area contributed by atoms with Gasteiger partial charge < -0.3 is 15.2 Å². The molecule has 10 heavy (non-hydrogen) atoms. The van der Waals surface area contributed by atoms with E-state index in [2.05, 4.69) is 5.32 Å². The lowest BCUT2D eigenvalue weighted by Gasteiger charge is -2.22. The molecule has 2 fully saturated rings. The third-order valence-corrected chi connectivity index (χ3v) is 2.72. The Hall–Kier alpha value is -0.120. The molecule has 0 spiro atoms. The predicted octanol–water partition coefficient (Wildman–Crippen LogP) is -0.643. The minimum absolute atomic E-state index is 0.0694. The first-order valence-corrected chi connectivity index (χ1v) is 3.81. The summed E-state index contributed by atoms with van der Waals surface area (Å²) in [6.45, 7) is 2.94. The van der Waals surface area contributed by atoms with Gasteiger partial charge in [-0.2, -0.15) is 0 Å². The van der Waals surface area contributed by atoms with E-state index < -0.39 is 0 Å². The number of hydrogen-bond donors (Lipinski definition) is 2. The van der Waals surface area contributed by atoms with Gasteiger partial charge >= 0.3 is 0 Å². The summed E-state index contributed by atoms with van der Waals surface area (Å²) in [6, 6.07) is 0. The Bertz CT molecular complexity index is 128. The monoisotopic (exact) mass is 143 g/mol. The molecule has 0 aliphatic carbocycles. The van der Waals surface area contributed by atoms with E-state index in [4.69, 9.17) is 9.84 Å². The van der Waals surface area contributed by atoms with Gasteiger partial charge in [0.1, 0.15) is 0 Å². The number of aliphatic hydroxyl groups excluding tert-OH is 1. The van der Waals surface area contributed by atoms with Crippen LogP contribution in [0.3, 0.4) is 0 Å². The highest BCUT2D eigenvalue weighted by Gasteiger charge is 2.46. The van der Waals surface area contributed by atoms with Crippen LogP contribution < -0.4 is 5.32 Å². The molecule has 58 valence electrons. The summed E-state index contributed by atoms with van der Waals surface area (Å²) in [7, 11) is 0. The number of fused-ring (bicyclic) bond motifs is 1. The highest BCUT2D eigenvalue weighted by Crippen LogP contribution is 2.36. The molecule has 0 aromatic heterocycles. The maximum atomic E-state index is 9.11. The van der Waals surface area contributed by atoms with Crippen molar-refractivity contribution in [2.75, 3.05) is 26.3 Å². The van der Waals surface area contributed by atoms with Gasteiger partial charge in [-0.25, -0.2) is 0 Å². The van der Waals surface area contributed by atoms with Crippen LogP contribution in [0.1, 0.15) is 6.42 Å². The van der Waals surface area contributed by atoms with Crippen molar-refractivity contribution in [1.82, 2.24) is 5.32 Å². The van der Waals surface area contributed by atoms with Crippen molar-refractivity contribution >= 4 is 0 Å². The Morgan fingerprint density at radius 1 is 1.70 bits per heavy atom. The second kappa shape index (κ2) is 2.19. The summed E-state index contributed by atoms with van der Waals surface area (Å²) < 4.78 is 5.45.